The van der Waals surface area contributed by atoms with Gasteiger partial charge in [0.2, 0.25) is 0 Å². The smallest absolute Gasteiger partial charge is 0.0538 e. The van der Waals surface area contributed by atoms with Crippen molar-refractivity contribution in [3.05, 3.63) is 18.0 Å². The maximum atomic E-state index is 6.08. The van der Waals surface area contributed by atoms with Crippen molar-refractivity contribution < 1.29 is 0 Å². The van der Waals surface area contributed by atoms with E-state index in [4.69, 9.17) is 5.73 Å². The van der Waals surface area contributed by atoms with Gasteiger partial charge in [-0.15, -0.1) is 0 Å². The van der Waals surface area contributed by atoms with Gasteiger partial charge in [-0.05, 0) is 40.8 Å². The minimum absolute atomic E-state index is 0.281. The van der Waals surface area contributed by atoms with Crippen LogP contribution in [0.5, 0.6) is 0 Å². The number of nitrogens with two attached hydrogens (primary N) is 1. The second-order valence-electron chi connectivity index (χ2n) is 6.30. The van der Waals surface area contributed by atoms with Crippen molar-refractivity contribution >= 4 is 0 Å². The molecule has 2 unspecified atom stereocenters. The molecule has 5 nitrogen and oxygen atoms in total. The molecule has 0 aliphatic carbocycles. The Morgan fingerprint density at radius 3 is 2.75 bits per heavy atom. The molecule has 2 atom stereocenters. The zero-order valence-corrected chi connectivity index (χ0v) is 13.3. The van der Waals surface area contributed by atoms with Crippen LogP contribution in [0.4, 0.5) is 0 Å². The van der Waals surface area contributed by atoms with E-state index in [1.807, 2.05) is 10.9 Å². The highest BCUT2D eigenvalue weighted by Gasteiger charge is 2.27. The van der Waals surface area contributed by atoms with E-state index < -0.39 is 0 Å². The third-order valence-electron chi connectivity index (χ3n) is 4.26. The molecule has 5 heteroatoms. The van der Waals surface area contributed by atoms with Gasteiger partial charge in [0.15, 0.2) is 0 Å². The molecule has 1 aromatic rings. The van der Waals surface area contributed by atoms with Crippen molar-refractivity contribution in [2.24, 2.45) is 5.73 Å². The lowest BCUT2D eigenvalue weighted by atomic mass is 10.1. The van der Waals surface area contributed by atoms with E-state index in [1.54, 1.807) is 0 Å². The van der Waals surface area contributed by atoms with E-state index in [2.05, 4.69) is 48.9 Å². The zero-order chi connectivity index (χ0) is 14.7. The summed E-state index contributed by atoms with van der Waals surface area (Å²) in [5.41, 5.74) is 7.32. The first-order valence-electron chi connectivity index (χ1n) is 7.71. The summed E-state index contributed by atoms with van der Waals surface area (Å²) in [7, 11) is 2.20. The van der Waals surface area contributed by atoms with E-state index in [0.29, 0.717) is 18.6 Å². The lowest BCUT2D eigenvalue weighted by Crippen LogP contribution is -2.42. The van der Waals surface area contributed by atoms with Gasteiger partial charge < -0.3 is 10.6 Å². The van der Waals surface area contributed by atoms with Crippen molar-refractivity contribution in [3.8, 4) is 0 Å². The number of hydrogen-bond acceptors (Lipinski definition) is 4. The van der Waals surface area contributed by atoms with Gasteiger partial charge in [0, 0.05) is 43.5 Å². The van der Waals surface area contributed by atoms with Crippen LogP contribution in [0.2, 0.25) is 0 Å². The van der Waals surface area contributed by atoms with Crippen LogP contribution in [-0.4, -0.2) is 58.8 Å². The van der Waals surface area contributed by atoms with Gasteiger partial charge in [0.05, 0.1) is 12.2 Å². The molecule has 0 amide bonds. The van der Waals surface area contributed by atoms with Gasteiger partial charge in [-0.3, -0.25) is 9.58 Å². The Labute approximate surface area is 122 Å². The first kappa shape index (κ1) is 15.5. The summed E-state index contributed by atoms with van der Waals surface area (Å²) in [6.45, 7) is 10.6. The molecule has 0 saturated carbocycles. The molecule has 2 heterocycles. The Morgan fingerprint density at radius 1 is 1.40 bits per heavy atom. The summed E-state index contributed by atoms with van der Waals surface area (Å²) in [5, 5.41) is 4.47. The van der Waals surface area contributed by atoms with Crippen LogP contribution in [0.25, 0.3) is 0 Å². The fourth-order valence-electron chi connectivity index (χ4n) is 3.12. The van der Waals surface area contributed by atoms with E-state index in [9.17, 15) is 0 Å². The molecule has 0 radical (unpaired) electrons. The Kier molecular flexibility index (Phi) is 5.18. The first-order chi connectivity index (χ1) is 9.52. The van der Waals surface area contributed by atoms with Crippen molar-refractivity contribution in [1.29, 1.82) is 0 Å². The molecule has 0 aromatic carbocycles. The molecule has 2 rings (SSSR count). The van der Waals surface area contributed by atoms with Crippen LogP contribution in [0.1, 0.15) is 44.8 Å². The fourth-order valence-corrected chi connectivity index (χ4v) is 3.12. The minimum Gasteiger partial charge on any atom is -0.329 e. The third kappa shape index (κ3) is 3.40. The summed E-state index contributed by atoms with van der Waals surface area (Å²) in [6, 6.07) is 1.21. The number of rotatable bonds is 4. The van der Waals surface area contributed by atoms with Crippen LogP contribution < -0.4 is 5.73 Å². The lowest BCUT2D eigenvalue weighted by Gasteiger charge is -2.34. The summed E-state index contributed by atoms with van der Waals surface area (Å²) < 4.78 is 2.02. The standard InChI is InChI=1S/C15H29N5/c1-12(2)20-11-14(9-17-20)15(8-16)19-7-5-6-18(4)10-13(19)3/h9,11-13,15H,5-8,10,16H2,1-4H3. The molecular formula is C15H29N5. The summed E-state index contributed by atoms with van der Waals surface area (Å²) in [5.74, 6) is 0. The highest BCUT2D eigenvalue weighted by Crippen LogP contribution is 2.24. The van der Waals surface area contributed by atoms with Gasteiger partial charge in [-0.1, -0.05) is 0 Å². The van der Waals surface area contributed by atoms with Gasteiger partial charge in [-0.25, -0.2) is 0 Å². The first-order valence-corrected chi connectivity index (χ1v) is 7.71. The average molecular weight is 279 g/mol. The normalized spacial score (nSPS) is 24.0. The Bertz CT molecular complexity index is 414. The summed E-state index contributed by atoms with van der Waals surface area (Å²) in [4.78, 5) is 4.96. The molecule has 1 fully saturated rings. The third-order valence-corrected chi connectivity index (χ3v) is 4.26. The highest BCUT2D eigenvalue weighted by molar-refractivity contribution is 5.12. The van der Waals surface area contributed by atoms with Crippen LogP contribution in [0.15, 0.2) is 12.4 Å². The van der Waals surface area contributed by atoms with Crippen LogP contribution in [0, 0.1) is 0 Å². The molecule has 1 aliphatic rings. The lowest BCUT2D eigenvalue weighted by molar-refractivity contribution is 0.146. The van der Waals surface area contributed by atoms with Crippen LogP contribution >= 0.6 is 0 Å². The fraction of sp³-hybridized carbons (Fsp3) is 0.800. The molecule has 1 aromatic heterocycles. The molecule has 1 aliphatic heterocycles. The van der Waals surface area contributed by atoms with E-state index in [-0.39, 0.29) is 6.04 Å². The van der Waals surface area contributed by atoms with Crippen molar-refractivity contribution in [1.82, 2.24) is 19.6 Å². The topological polar surface area (TPSA) is 50.3 Å². The highest BCUT2D eigenvalue weighted by atomic mass is 15.3. The predicted octanol–water partition coefficient (Wildman–Crippen LogP) is 1.49. The van der Waals surface area contributed by atoms with Crippen molar-refractivity contribution in [2.75, 3.05) is 33.2 Å². The monoisotopic (exact) mass is 279 g/mol. The quantitative estimate of drug-likeness (QED) is 0.907. The Balaban J connectivity index is 2.17. The number of aromatic nitrogens is 2. The number of likely N-dealkylation sites (N-methyl/N-ethyl adjacent to an activating group) is 1. The Morgan fingerprint density at radius 2 is 2.15 bits per heavy atom. The van der Waals surface area contributed by atoms with Gasteiger partial charge in [0.1, 0.15) is 0 Å². The number of nitrogens with zero attached hydrogens (tertiary/aromatic N) is 4. The largest absolute Gasteiger partial charge is 0.329 e. The van der Waals surface area contributed by atoms with E-state index in [1.165, 1.54) is 18.5 Å². The molecule has 1 saturated heterocycles. The maximum Gasteiger partial charge on any atom is 0.0538 e. The van der Waals surface area contributed by atoms with Gasteiger partial charge in [0.25, 0.3) is 0 Å². The van der Waals surface area contributed by atoms with Gasteiger partial charge >= 0.3 is 0 Å². The SMILES string of the molecule is CC1CN(C)CCCN1C(CN)c1cnn(C(C)C)c1. The predicted molar refractivity (Wildman–Crippen MR) is 82.7 cm³/mol. The van der Waals surface area contributed by atoms with Gasteiger partial charge in [-0.2, -0.15) is 5.10 Å². The van der Waals surface area contributed by atoms with E-state index >= 15 is 0 Å². The molecule has 114 valence electrons. The second-order valence-corrected chi connectivity index (χ2v) is 6.30. The number of hydrogen-bond donors (Lipinski definition) is 1. The molecular weight excluding hydrogens is 250 g/mol. The minimum atomic E-state index is 0.281. The van der Waals surface area contributed by atoms with Crippen molar-refractivity contribution in [3.63, 3.8) is 0 Å². The van der Waals surface area contributed by atoms with E-state index in [0.717, 1.165) is 13.1 Å². The second kappa shape index (κ2) is 6.70. The molecule has 20 heavy (non-hydrogen) atoms. The Hall–Kier alpha value is -0.910. The maximum absolute atomic E-state index is 6.08. The zero-order valence-electron chi connectivity index (χ0n) is 13.3. The summed E-state index contributed by atoms with van der Waals surface area (Å²) >= 11 is 0. The van der Waals surface area contributed by atoms with Crippen LogP contribution in [-0.2, 0) is 0 Å². The average Bonchev–Trinajstić information content (AvgIpc) is 2.81. The van der Waals surface area contributed by atoms with Crippen LogP contribution in [0.3, 0.4) is 0 Å². The molecule has 0 bridgehead atoms. The van der Waals surface area contributed by atoms with Crippen molar-refractivity contribution in [2.45, 2.75) is 45.3 Å². The summed E-state index contributed by atoms with van der Waals surface area (Å²) in [6.07, 6.45) is 5.35. The molecule has 2 N–H and O–H groups in total. The molecule has 0 spiro atoms.